The number of piperidine rings is 1. The summed E-state index contributed by atoms with van der Waals surface area (Å²) in [6.07, 6.45) is 7.30. The van der Waals surface area contributed by atoms with E-state index in [-0.39, 0.29) is 41.0 Å². The van der Waals surface area contributed by atoms with Gasteiger partial charge >= 0.3 is 6.03 Å². The van der Waals surface area contributed by atoms with Crippen LogP contribution >= 0.6 is 0 Å². The molecule has 302 valence electrons. The van der Waals surface area contributed by atoms with Crippen molar-refractivity contribution in [2.75, 3.05) is 6.54 Å². The first-order chi connectivity index (χ1) is 25.8. The summed E-state index contributed by atoms with van der Waals surface area (Å²) in [6.45, 7) is 13.2. The van der Waals surface area contributed by atoms with Gasteiger partial charge in [0.05, 0.1) is 15.5 Å². The Balaban J connectivity index is 1.16. The quantitative estimate of drug-likeness (QED) is 0.233. The standard InChI is InChI=1S/C42H61N5O7S/c1-8-28-22-42(28,34(48)36(50)43-29-16-17-29)45-35(49)33-31-30(40(31,6)7)23-47(33)37(51)32(27-20-25-14-10-11-15-26(25)21-27)44-38(52)46-41(18-12-9-13-19-41)24(2)55(53,54)39(3,4)5/h10-11,14-15,24,27-33H,8-9,12-13,16-23H2,1-7H3,(H,43,50)(H,45,49)(H2,44,46,52)/t24-,28-,30+,31+,32+,33+,42?/m1/s1. The van der Waals surface area contributed by atoms with Crippen LogP contribution in [0, 0.1) is 29.1 Å². The summed E-state index contributed by atoms with van der Waals surface area (Å²) in [4.78, 5) is 72.1. The van der Waals surface area contributed by atoms with Crippen molar-refractivity contribution in [2.24, 2.45) is 29.1 Å². The van der Waals surface area contributed by atoms with Gasteiger partial charge < -0.3 is 26.2 Å². The Labute approximate surface area is 326 Å². The first-order valence-corrected chi connectivity index (χ1v) is 22.2. The number of ketones is 1. The van der Waals surface area contributed by atoms with Gasteiger partial charge in [-0.05, 0) is 113 Å². The van der Waals surface area contributed by atoms with E-state index >= 15 is 4.79 Å². The van der Waals surface area contributed by atoms with Crippen LogP contribution in [-0.4, -0.2) is 88.6 Å². The number of sulfone groups is 1. The third-order valence-corrected chi connectivity index (χ3v) is 17.6. The van der Waals surface area contributed by atoms with E-state index in [1.54, 1.807) is 32.6 Å². The Bertz CT molecular complexity index is 1840. The van der Waals surface area contributed by atoms with Crippen molar-refractivity contribution in [3.05, 3.63) is 35.4 Å². The van der Waals surface area contributed by atoms with Crippen LogP contribution in [0.25, 0.3) is 0 Å². The molecule has 12 nitrogen and oxygen atoms in total. The molecule has 1 aromatic rings. The Morgan fingerprint density at radius 3 is 2.11 bits per heavy atom. The zero-order valence-electron chi connectivity index (χ0n) is 33.6. The van der Waals surface area contributed by atoms with Crippen LogP contribution in [0.1, 0.15) is 117 Å². The molecule has 7 atom stereocenters. The van der Waals surface area contributed by atoms with Crippen molar-refractivity contribution in [3.8, 4) is 0 Å². The van der Waals surface area contributed by atoms with Gasteiger partial charge in [-0.2, -0.15) is 0 Å². The van der Waals surface area contributed by atoms with E-state index in [4.69, 9.17) is 0 Å². The first-order valence-electron chi connectivity index (χ1n) is 20.6. The molecule has 1 aliphatic heterocycles. The molecule has 0 aromatic heterocycles. The number of carbonyl (C=O) groups is 5. The Hall–Kier alpha value is -3.48. The molecule has 5 fully saturated rings. The summed E-state index contributed by atoms with van der Waals surface area (Å²) < 4.78 is 26.6. The molecular formula is C42H61N5O7S. The fraction of sp³-hybridized carbons (Fsp3) is 0.738. The van der Waals surface area contributed by atoms with E-state index in [1.807, 2.05) is 31.2 Å². The van der Waals surface area contributed by atoms with Crippen LogP contribution in [0.3, 0.4) is 0 Å². The fourth-order valence-corrected chi connectivity index (χ4v) is 12.5. The minimum Gasteiger partial charge on any atom is -0.347 e. The second kappa shape index (κ2) is 13.9. The van der Waals surface area contributed by atoms with Crippen molar-refractivity contribution in [2.45, 2.75) is 158 Å². The lowest BCUT2D eigenvalue weighted by Gasteiger charge is -2.44. The smallest absolute Gasteiger partial charge is 0.315 e. The Morgan fingerprint density at radius 2 is 1.56 bits per heavy atom. The molecular weight excluding hydrogens is 719 g/mol. The lowest BCUT2D eigenvalue weighted by atomic mass is 9.79. The van der Waals surface area contributed by atoms with Crippen molar-refractivity contribution >= 4 is 39.4 Å². The number of fused-ring (bicyclic) bond motifs is 2. The summed E-state index contributed by atoms with van der Waals surface area (Å²) in [6, 6.07) is 5.53. The van der Waals surface area contributed by atoms with E-state index in [9.17, 15) is 27.6 Å². The van der Waals surface area contributed by atoms with Gasteiger partial charge in [0, 0.05) is 12.6 Å². The lowest BCUT2D eigenvalue weighted by molar-refractivity contribution is -0.145. The highest BCUT2D eigenvalue weighted by Crippen LogP contribution is 2.65. The monoisotopic (exact) mass is 779 g/mol. The van der Waals surface area contributed by atoms with Gasteiger partial charge in [0.25, 0.3) is 5.91 Å². The first kappa shape index (κ1) is 39.7. The van der Waals surface area contributed by atoms with E-state index in [0.717, 1.165) is 43.2 Å². The lowest BCUT2D eigenvalue weighted by Crippen LogP contribution is -2.65. The third-order valence-electron chi connectivity index (χ3n) is 14.5. The largest absolute Gasteiger partial charge is 0.347 e. The summed E-state index contributed by atoms with van der Waals surface area (Å²) in [5.41, 5.74) is -0.302. The number of carbonyl (C=O) groups excluding carboxylic acids is 5. The molecule has 1 heterocycles. The maximum absolute atomic E-state index is 15.1. The number of nitrogens with zero attached hydrogens (tertiary/aromatic N) is 1. The van der Waals surface area contributed by atoms with E-state index in [2.05, 4.69) is 35.1 Å². The fourth-order valence-electron chi connectivity index (χ4n) is 10.5. The van der Waals surface area contributed by atoms with Gasteiger partial charge in [0.2, 0.25) is 17.6 Å². The number of hydrogen-bond acceptors (Lipinski definition) is 7. The van der Waals surface area contributed by atoms with Gasteiger partial charge in [-0.1, -0.05) is 70.7 Å². The summed E-state index contributed by atoms with van der Waals surface area (Å²) in [5, 5.41) is 11.1. The average Bonchev–Trinajstić information content (AvgIpc) is 4.06. The molecule has 1 saturated heterocycles. The van der Waals surface area contributed by atoms with E-state index in [1.165, 1.54) is 0 Å². The second-order valence-corrected chi connectivity index (χ2v) is 22.3. The van der Waals surface area contributed by atoms with Gasteiger partial charge in [0.15, 0.2) is 9.84 Å². The number of rotatable bonds is 12. The molecule has 0 radical (unpaired) electrons. The van der Waals surface area contributed by atoms with Gasteiger partial charge in [0.1, 0.15) is 17.6 Å². The topological polar surface area (TPSA) is 171 Å². The second-order valence-electron chi connectivity index (χ2n) is 19.3. The molecule has 55 heavy (non-hydrogen) atoms. The number of nitrogens with one attached hydrogen (secondary N) is 4. The van der Waals surface area contributed by atoms with Gasteiger partial charge in [-0.3, -0.25) is 19.2 Å². The summed E-state index contributed by atoms with van der Waals surface area (Å²) >= 11 is 0. The summed E-state index contributed by atoms with van der Waals surface area (Å²) in [5.74, 6) is -2.65. The van der Waals surface area contributed by atoms with E-state index in [0.29, 0.717) is 45.1 Å². The molecule has 13 heteroatoms. The van der Waals surface area contributed by atoms with Crippen LogP contribution in [0.5, 0.6) is 0 Å². The van der Waals surface area contributed by atoms with Crippen molar-refractivity contribution in [3.63, 3.8) is 0 Å². The number of hydrogen-bond donors (Lipinski definition) is 4. The average molecular weight is 780 g/mol. The zero-order valence-corrected chi connectivity index (χ0v) is 34.4. The predicted octanol–water partition coefficient (Wildman–Crippen LogP) is 3.99. The van der Waals surface area contributed by atoms with Crippen LogP contribution < -0.4 is 21.3 Å². The van der Waals surface area contributed by atoms with E-state index < -0.39 is 66.6 Å². The Kier molecular flexibility index (Phi) is 10.0. The normalized spacial score (nSPS) is 30.3. The SMILES string of the molecule is CC[C@@H]1CC1(NC(=O)[C@@H]1[C@@H]2[C@H](CN1C(=O)[C@@H](NC(=O)NC1([C@@H](C)S(=O)(=O)C(C)(C)C)CCCCC1)C1Cc3ccccc3C1)C2(C)C)C(=O)C(=O)NC1CC1. The molecule has 4 saturated carbocycles. The number of likely N-dealkylation sites (tertiary alicyclic amines) is 1. The van der Waals surface area contributed by atoms with Gasteiger partial charge in [-0.15, -0.1) is 0 Å². The van der Waals surface area contributed by atoms with Crippen molar-refractivity contribution < 1.29 is 32.4 Å². The maximum atomic E-state index is 15.1. The predicted molar refractivity (Wildman–Crippen MR) is 208 cm³/mol. The minimum absolute atomic E-state index is 0.00134. The molecule has 0 bridgehead atoms. The molecule has 1 unspecified atom stereocenters. The van der Waals surface area contributed by atoms with Gasteiger partial charge in [-0.25, -0.2) is 13.2 Å². The Morgan fingerprint density at radius 1 is 0.945 bits per heavy atom. The van der Waals surface area contributed by atoms with Crippen LogP contribution in [-0.2, 0) is 41.9 Å². The van der Waals surface area contributed by atoms with Crippen LogP contribution in [0.4, 0.5) is 4.79 Å². The molecule has 7 rings (SSSR count). The number of benzene rings is 1. The van der Waals surface area contributed by atoms with Crippen LogP contribution in [0.15, 0.2) is 24.3 Å². The highest BCUT2D eigenvalue weighted by Gasteiger charge is 2.71. The molecule has 5 aliphatic carbocycles. The molecule has 1 aromatic carbocycles. The third kappa shape index (κ3) is 6.98. The summed E-state index contributed by atoms with van der Waals surface area (Å²) in [7, 11) is -3.66. The van der Waals surface area contributed by atoms with Crippen molar-refractivity contribution in [1.29, 1.82) is 0 Å². The minimum atomic E-state index is -3.66. The number of urea groups is 1. The zero-order chi connectivity index (χ0) is 39.9. The number of amides is 5. The molecule has 6 aliphatic rings. The number of Topliss-reactive ketones (excluding diaryl/α,β-unsaturated/α-hetero) is 1. The highest BCUT2D eigenvalue weighted by atomic mass is 32.2. The highest BCUT2D eigenvalue weighted by molar-refractivity contribution is 7.93. The maximum Gasteiger partial charge on any atom is 0.315 e. The molecule has 0 spiro atoms. The molecule has 5 amide bonds. The molecule has 4 N–H and O–H groups in total. The van der Waals surface area contributed by atoms with Crippen molar-refractivity contribution in [1.82, 2.24) is 26.2 Å². The van der Waals surface area contributed by atoms with Crippen LogP contribution in [0.2, 0.25) is 0 Å².